The zero-order chi connectivity index (χ0) is 16.5. The minimum atomic E-state index is 0. The smallest absolute Gasteiger partial charge is 0.225 e. The Morgan fingerprint density at radius 1 is 1.22 bits per heavy atom. The number of nitrogens with two attached hydrogens (primary N) is 1. The largest absolute Gasteiger partial charge is 0.497 e. The number of benzene rings is 1. The van der Waals surface area contributed by atoms with Gasteiger partial charge in [-0.2, -0.15) is 0 Å². The molecule has 6 heteroatoms. The fourth-order valence-electron chi connectivity index (χ4n) is 1.92. The summed E-state index contributed by atoms with van der Waals surface area (Å²) in [7, 11) is 3.43. The van der Waals surface area contributed by atoms with Crippen molar-refractivity contribution in [2.24, 2.45) is 11.7 Å². The van der Waals surface area contributed by atoms with Gasteiger partial charge >= 0.3 is 0 Å². The lowest BCUT2D eigenvalue weighted by Gasteiger charge is -2.21. The van der Waals surface area contributed by atoms with Crippen LogP contribution in [0, 0.1) is 5.92 Å². The number of halogens is 1. The fraction of sp³-hybridized carbons (Fsp3) is 0.588. The average Bonchev–Trinajstić information content (AvgIpc) is 2.52. The summed E-state index contributed by atoms with van der Waals surface area (Å²) in [5, 5.41) is 0. The Morgan fingerprint density at radius 3 is 2.30 bits per heavy atom. The molecule has 132 valence electrons. The molecule has 0 fully saturated rings. The Hall–Kier alpha value is -1.46. The van der Waals surface area contributed by atoms with Crippen molar-refractivity contribution in [3.8, 4) is 11.5 Å². The first-order chi connectivity index (χ1) is 10.4. The first-order valence-electron chi connectivity index (χ1n) is 7.70. The molecule has 0 saturated heterocycles. The molecule has 0 saturated carbocycles. The van der Waals surface area contributed by atoms with Gasteiger partial charge in [0.15, 0.2) is 0 Å². The minimum absolute atomic E-state index is 0. The summed E-state index contributed by atoms with van der Waals surface area (Å²) >= 11 is 0. The van der Waals surface area contributed by atoms with Crippen LogP contribution in [-0.4, -0.2) is 44.2 Å². The Bertz CT molecular complexity index is 452. The van der Waals surface area contributed by atoms with Crippen LogP contribution >= 0.6 is 12.4 Å². The molecule has 0 bridgehead atoms. The number of nitrogens with zero attached hydrogens (tertiary/aromatic N) is 1. The van der Waals surface area contributed by atoms with Crippen molar-refractivity contribution in [2.75, 3.05) is 27.3 Å². The van der Waals surface area contributed by atoms with E-state index in [0.717, 1.165) is 17.9 Å². The number of methoxy groups -OCH3 is 1. The average molecular weight is 345 g/mol. The Balaban J connectivity index is 0.00000484. The maximum atomic E-state index is 12.0. The second kappa shape index (κ2) is 11.1. The summed E-state index contributed by atoms with van der Waals surface area (Å²) in [6, 6.07) is 7.45. The zero-order valence-electron chi connectivity index (χ0n) is 14.5. The monoisotopic (exact) mass is 344 g/mol. The molecule has 23 heavy (non-hydrogen) atoms. The fourth-order valence-corrected chi connectivity index (χ4v) is 1.92. The van der Waals surface area contributed by atoms with E-state index in [9.17, 15) is 4.79 Å². The van der Waals surface area contributed by atoms with Crippen LogP contribution in [0.15, 0.2) is 24.3 Å². The number of carbonyl (C=O) groups is 1. The van der Waals surface area contributed by atoms with Crippen LogP contribution in [0.5, 0.6) is 11.5 Å². The van der Waals surface area contributed by atoms with E-state index in [1.54, 1.807) is 12.0 Å². The van der Waals surface area contributed by atoms with Gasteiger partial charge < -0.3 is 20.1 Å². The zero-order valence-corrected chi connectivity index (χ0v) is 15.3. The first-order valence-corrected chi connectivity index (χ1v) is 7.70. The number of ether oxygens (including phenoxy) is 2. The maximum Gasteiger partial charge on any atom is 0.225 e. The van der Waals surface area contributed by atoms with E-state index in [4.69, 9.17) is 15.2 Å². The van der Waals surface area contributed by atoms with Crippen molar-refractivity contribution in [2.45, 2.75) is 32.7 Å². The first kappa shape index (κ1) is 21.5. The van der Waals surface area contributed by atoms with E-state index >= 15 is 0 Å². The predicted molar refractivity (Wildman–Crippen MR) is 95.4 cm³/mol. The van der Waals surface area contributed by atoms with Gasteiger partial charge in [0.25, 0.3) is 0 Å². The minimum Gasteiger partial charge on any atom is -0.497 e. The highest BCUT2D eigenvalue weighted by molar-refractivity contribution is 5.85. The lowest BCUT2D eigenvalue weighted by Crippen LogP contribution is -2.35. The van der Waals surface area contributed by atoms with Gasteiger partial charge in [-0.25, -0.2) is 0 Å². The van der Waals surface area contributed by atoms with E-state index in [2.05, 4.69) is 13.8 Å². The van der Waals surface area contributed by atoms with Crippen molar-refractivity contribution < 1.29 is 14.3 Å². The van der Waals surface area contributed by atoms with E-state index in [1.165, 1.54) is 0 Å². The summed E-state index contributed by atoms with van der Waals surface area (Å²) in [5.41, 5.74) is 5.99. The molecule has 0 heterocycles. The second-order valence-electron chi connectivity index (χ2n) is 5.79. The molecule has 0 aromatic heterocycles. The summed E-state index contributed by atoms with van der Waals surface area (Å²) in [5.74, 6) is 2.02. The third-order valence-corrected chi connectivity index (χ3v) is 3.72. The van der Waals surface area contributed by atoms with Gasteiger partial charge in [0, 0.05) is 19.6 Å². The summed E-state index contributed by atoms with van der Waals surface area (Å²) < 4.78 is 10.6. The van der Waals surface area contributed by atoms with Crippen LogP contribution in [0.4, 0.5) is 0 Å². The number of hydrogen-bond acceptors (Lipinski definition) is 4. The van der Waals surface area contributed by atoms with E-state index < -0.39 is 0 Å². The highest BCUT2D eigenvalue weighted by Gasteiger charge is 2.12. The van der Waals surface area contributed by atoms with Crippen molar-refractivity contribution in [1.82, 2.24) is 4.90 Å². The molecule has 0 aliphatic heterocycles. The Kier molecular flexibility index (Phi) is 10.4. The molecule has 5 nitrogen and oxygen atoms in total. The number of rotatable bonds is 9. The summed E-state index contributed by atoms with van der Waals surface area (Å²) in [6.45, 7) is 5.23. The highest BCUT2D eigenvalue weighted by Crippen LogP contribution is 2.17. The van der Waals surface area contributed by atoms with Crippen LogP contribution in [0.2, 0.25) is 0 Å². The summed E-state index contributed by atoms with van der Waals surface area (Å²) in [6.07, 6.45) is 1.18. The van der Waals surface area contributed by atoms with Gasteiger partial charge in [-0.15, -0.1) is 12.4 Å². The molecular formula is C17H29ClN2O3. The maximum absolute atomic E-state index is 12.0. The molecule has 1 aromatic carbocycles. The van der Waals surface area contributed by atoms with Gasteiger partial charge in [0.1, 0.15) is 11.5 Å². The topological polar surface area (TPSA) is 64.8 Å². The molecule has 1 rings (SSSR count). The number of carbonyl (C=O) groups excluding carboxylic acids is 1. The molecule has 1 aromatic rings. The third-order valence-electron chi connectivity index (χ3n) is 3.72. The van der Waals surface area contributed by atoms with E-state index in [1.807, 2.05) is 31.3 Å². The lowest BCUT2D eigenvalue weighted by atomic mass is 10.0. The number of amides is 1. The van der Waals surface area contributed by atoms with Crippen LogP contribution in [0.3, 0.4) is 0 Å². The Morgan fingerprint density at radius 2 is 1.78 bits per heavy atom. The predicted octanol–water partition coefficient (Wildman–Crippen LogP) is 2.72. The summed E-state index contributed by atoms with van der Waals surface area (Å²) in [4.78, 5) is 13.7. The van der Waals surface area contributed by atoms with Crippen LogP contribution in [-0.2, 0) is 4.79 Å². The molecule has 1 unspecified atom stereocenters. The van der Waals surface area contributed by atoms with Gasteiger partial charge in [-0.3, -0.25) is 4.79 Å². The van der Waals surface area contributed by atoms with Gasteiger partial charge in [-0.05, 0) is 36.6 Å². The van der Waals surface area contributed by atoms with Crippen LogP contribution in [0.1, 0.15) is 26.7 Å². The normalized spacial score (nSPS) is 11.6. The molecule has 0 spiro atoms. The Labute approximate surface area is 145 Å². The standard InChI is InChI=1S/C17H28N2O3.ClH/c1-13(2)16(18)9-11-19(3)17(20)10-12-22-15-7-5-14(21-4)6-8-15;/h5-8,13,16H,9-12,18H2,1-4H3;1H. The van der Waals surface area contributed by atoms with Gasteiger partial charge in [0.05, 0.1) is 20.1 Å². The molecule has 1 atom stereocenters. The highest BCUT2D eigenvalue weighted by atomic mass is 35.5. The van der Waals surface area contributed by atoms with E-state index in [-0.39, 0.29) is 24.4 Å². The van der Waals surface area contributed by atoms with Crippen molar-refractivity contribution >= 4 is 18.3 Å². The SMILES string of the molecule is COc1ccc(OCCC(=O)N(C)CCC(N)C(C)C)cc1.Cl. The molecule has 0 aliphatic rings. The quantitative estimate of drug-likeness (QED) is 0.748. The number of hydrogen-bond donors (Lipinski definition) is 1. The van der Waals surface area contributed by atoms with Gasteiger partial charge in [-0.1, -0.05) is 13.8 Å². The molecular weight excluding hydrogens is 316 g/mol. The van der Waals surface area contributed by atoms with Crippen LogP contribution < -0.4 is 15.2 Å². The second-order valence-corrected chi connectivity index (χ2v) is 5.79. The molecule has 2 N–H and O–H groups in total. The van der Waals surface area contributed by atoms with Crippen molar-refractivity contribution in [3.05, 3.63) is 24.3 Å². The van der Waals surface area contributed by atoms with Crippen LogP contribution in [0.25, 0.3) is 0 Å². The van der Waals surface area contributed by atoms with Crippen molar-refractivity contribution in [1.29, 1.82) is 0 Å². The molecule has 0 radical (unpaired) electrons. The lowest BCUT2D eigenvalue weighted by molar-refractivity contribution is -0.130. The molecule has 1 amide bonds. The van der Waals surface area contributed by atoms with Crippen molar-refractivity contribution in [3.63, 3.8) is 0 Å². The van der Waals surface area contributed by atoms with E-state index in [0.29, 0.717) is 25.5 Å². The van der Waals surface area contributed by atoms with Gasteiger partial charge in [0.2, 0.25) is 5.91 Å². The third kappa shape index (κ3) is 8.09. The molecule has 0 aliphatic carbocycles.